The Balaban J connectivity index is 1.54. The summed E-state index contributed by atoms with van der Waals surface area (Å²) in [4.78, 5) is 27.6. The monoisotopic (exact) mass is 506 g/mol. The molecule has 3 aromatic carbocycles. The van der Waals surface area contributed by atoms with E-state index in [1.54, 1.807) is 6.21 Å². The number of rotatable bonds is 8. The predicted octanol–water partition coefficient (Wildman–Crippen LogP) is 4.70. The first-order valence-corrected chi connectivity index (χ1v) is 12.6. The Morgan fingerprint density at radius 1 is 1.19 bits per heavy atom. The Hall–Kier alpha value is -3.42. The highest BCUT2D eigenvalue weighted by Gasteiger charge is 2.27. The van der Waals surface area contributed by atoms with E-state index >= 15 is 0 Å². The molecule has 4 rings (SSSR count). The van der Waals surface area contributed by atoms with Gasteiger partial charge in [-0.15, -0.1) is 0 Å². The molecule has 8 heteroatoms. The highest BCUT2D eigenvalue weighted by atomic mass is 35.5. The van der Waals surface area contributed by atoms with Crippen LogP contribution in [0.4, 0.5) is 0 Å². The van der Waals surface area contributed by atoms with Gasteiger partial charge in [-0.3, -0.25) is 9.59 Å². The molecular weight excluding hydrogens is 476 g/mol. The van der Waals surface area contributed by atoms with E-state index in [-0.39, 0.29) is 22.7 Å². The molecule has 0 aliphatic carbocycles. The molecule has 2 amide bonds. The van der Waals surface area contributed by atoms with Gasteiger partial charge in [-0.25, -0.2) is 5.43 Å². The maximum absolute atomic E-state index is 13.2. The van der Waals surface area contributed by atoms with Crippen LogP contribution in [-0.4, -0.2) is 47.2 Å². The van der Waals surface area contributed by atoms with Crippen molar-refractivity contribution in [2.45, 2.75) is 39.3 Å². The first kappa shape index (κ1) is 25.7. The van der Waals surface area contributed by atoms with Crippen LogP contribution in [0.25, 0.3) is 10.8 Å². The first-order valence-electron chi connectivity index (χ1n) is 12.2. The van der Waals surface area contributed by atoms with E-state index in [2.05, 4.69) is 29.7 Å². The maximum Gasteiger partial charge on any atom is 0.271 e. The van der Waals surface area contributed by atoms with Crippen LogP contribution < -0.4 is 10.7 Å². The number of nitrogens with zero attached hydrogens (tertiary/aromatic N) is 2. The lowest BCUT2D eigenvalue weighted by molar-refractivity contribution is -0.134. The summed E-state index contributed by atoms with van der Waals surface area (Å²) in [6.07, 6.45) is 3.51. The van der Waals surface area contributed by atoms with Gasteiger partial charge in [-0.1, -0.05) is 61.8 Å². The third kappa shape index (κ3) is 6.04. The number of carbonyl (C=O) groups is 2. The number of nitrogens with one attached hydrogen (secondary N) is 2. The first-order chi connectivity index (χ1) is 17.3. The van der Waals surface area contributed by atoms with Crippen LogP contribution in [0.2, 0.25) is 5.02 Å². The zero-order valence-corrected chi connectivity index (χ0v) is 21.3. The van der Waals surface area contributed by atoms with Gasteiger partial charge in [0, 0.05) is 24.2 Å². The fraction of sp³-hybridized carbons (Fsp3) is 0.321. The predicted molar refractivity (Wildman–Crippen MR) is 143 cm³/mol. The summed E-state index contributed by atoms with van der Waals surface area (Å²) in [6, 6.07) is 16.1. The molecule has 1 aliphatic heterocycles. The molecule has 188 valence electrons. The molecule has 1 unspecified atom stereocenters. The van der Waals surface area contributed by atoms with Crippen molar-refractivity contribution < 1.29 is 14.7 Å². The summed E-state index contributed by atoms with van der Waals surface area (Å²) in [7, 11) is 0. The number of benzene rings is 3. The normalized spacial score (nSPS) is 15.6. The van der Waals surface area contributed by atoms with Crippen LogP contribution in [0.3, 0.4) is 0 Å². The smallest absolute Gasteiger partial charge is 0.271 e. The van der Waals surface area contributed by atoms with Crippen molar-refractivity contribution in [2.24, 2.45) is 11.0 Å². The minimum atomic E-state index is -0.433. The number of fused-ring (bicyclic) bond motifs is 1. The number of phenolic OH excluding ortho intramolecular Hbond substituents is 1. The second-order valence-corrected chi connectivity index (χ2v) is 9.89. The van der Waals surface area contributed by atoms with E-state index in [0.29, 0.717) is 24.6 Å². The van der Waals surface area contributed by atoms with Crippen LogP contribution in [0.5, 0.6) is 5.75 Å². The van der Waals surface area contributed by atoms with E-state index < -0.39 is 5.91 Å². The van der Waals surface area contributed by atoms with Crippen LogP contribution in [0.15, 0.2) is 59.7 Å². The summed E-state index contributed by atoms with van der Waals surface area (Å²) < 4.78 is 0. The summed E-state index contributed by atoms with van der Waals surface area (Å²) in [5, 5.41) is 19.1. The van der Waals surface area contributed by atoms with E-state index in [4.69, 9.17) is 11.6 Å². The van der Waals surface area contributed by atoms with Crippen molar-refractivity contribution in [3.63, 3.8) is 0 Å². The Bertz CT molecular complexity index is 1290. The number of amides is 2. The van der Waals surface area contributed by atoms with Gasteiger partial charge < -0.3 is 15.3 Å². The van der Waals surface area contributed by atoms with Gasteiger partial charge in [0.15, 0.2) is 0 Å². The second-order valence-electron chi connectivity index (χ2n) is 9.49. The molecule has 0 aromatic heterocycles. The number of aromatic hydroxyl groups is 1. The molecule has 0 spiro atoms. The van der Waals surface area contributed by atoms with Crippen LogP contribution in [0, 0.1) is 5.92 Å². The Morgan fingerprint density at radius 2 is 1.97 bits per heavy atom. The number of phenols is 1. The van der Waals surface area contributed by atoms with Gasteiger partial charge in [-0.2, -0.15) is 5.10 Å². The average Bonchev–Trinajstić information content (AvgIpc) is 3.40. The molecule has 36 heavy (non-hydrogen) atoms. The van der Waals surface area contributed by atoms with Crippen molar-refractivity contribution in [3.05, 3.63) is 76.3 Å². The van der Waals surface area contributed by atoms with Crippen molar-refractivity contribution in [1.82, 2.24) is 15.6 Å². The minimum Gasteiger partial charge on any atom is -0.506 e. The molecule has 1 fully saturated rings. The molecule has 0 saturated carbocycles. The lowest BCUT2D eigenvalue weighted by Crippen LogP contribution is -2.44. The maximum atomic E-state index is 13.2. The van der Waals surface area contributed by atoms with E-state index in [1.807, 2.05) is 41.3 Å². The standard InChI is InChI=1S/C28H31ClN4O3/c1-18(2)16-33(28(36)25-8-5-13-30-25)17-21-10-9-20(22-6-3-4-7-23(21)22)15-31-32-27(35)19-11-12-26(34)24(29)14-19/h3-4,6-7,9-12,14-15,18,25,30,34H,5,8,13,16-17H2,1-2H3,(H,32,35). The molecule has 3 aromatic rings. The highest BCUT2D eigenvalue weighted by molar-refractivity contribution is 6.32. The molecule has 1 atom stereocenters. The summed E-state index contributed by atoms with van der Waals surface area (Å²) >= 11 is 5.89. The van der Waals surface area contributed by atoms with Crippen LogP contribution in [0.1, 0.15) is 48.2 Å². The van der Waals surface area contributed by atoms with E-state index in [9.17, 15) is 14.7 Å². The molecule has 1 heterocycles. The lowest BCUT2D eigenvalue weighted by Gasteiger charge is -2.28. The minimum absolute atomic E-state index is 0.0866. The summed E-state index contributed by atoms with van der Waals surface area (Å²) in [6.45, 7) is 6.37. The molecule has 0 radical (unpaired) electrons. The Labute approximate surface area is 216 Å². The molecular formula is C28H31ClN4O3. The zero-order chi connectivity index (χ0) is 25.7. The van der Waals surface area contributed by atoms with Crippen molar-refractivity contribution in [1.29, 1.82) is 0 Å². The summed E-state index contributed by atoms with van der Waals surface area (Å²) in [5.74, 6) is 0.00180. The van der Waals surface area contributed by atoms with Gasteiger partial charge in [-0.05, 0) is 59.8 Å². The SMILES string of the molecule is CC(C)CN(Cc1ccc(C=NNC(=O)c2ccc(O)c(Cl)c2)c2ccccc12)C(=O)C1CCCN1. The van der Waals surface area contributed by atoms with E-state index in [0.717, 1.165) is 41.3 Å². The number of hydrazone groups is 1. The lowest BCUT2D eigenvalue weighted by atomic mass is 9.99. The quantitative estimate of drug-likeness (QED) is 0.305. The number of hydrogen-bond acceptors (Lipinski definition) is 5. The van der Waals surface area contributed by atoms with Gasteiger partial charge in [0.25, 0.3) is 5.91 Å². The van der Waals surface area contributed by atoms with Gasteiger partial charge in [0.2, 0.25) is 5.91 Å². The molecule has 0 bridgehead atoms. The van der Waals surface area contributed by atoms with E-state index in [1.165, 1.54) is 18.2 Å². The van der Waals surface area contributed by atoms with Gasteiger partial charge in [0.1, 0.15) is 5.75 Å². The van der Waals surface area contributed by atoms with Crippen LogP contribution in [-0.2, 0) is 11.3 Å². The molecule has 1 saturated heterocycles. The topological polar surface area (TPSA) is 94.0 Å². The number of halogens is 1. The average molecular weight is 507 g/mol. The fourth-order valence-corrected chi connectivity index (χ4v) is 4.68. The molecule has 3 N–H and O–H groups in total. The van der Waals surface area contributed by atoms with Crippen molar-refractivity contribution in [3.8, 4) is 5.75 Å². The van der Waals surface area contributed by atoms with Gasteiger partial charge >= 0.3 is 0 Å². The van der Waals surface area contributed by atoms with Crippen molar-refractivity contribution >= 4 is 40.4 Å². The number of carbonyl (C=O) groups excluding carboxylic acids is 2. The third-order valence-corrected chi connectivity index (χ3v) is 6.55. The van der Waals surface area contributed by atoms with Crippen molar-refractivity contribution in [2.75, 3.05) is 13.1 Å². The fourth-order valence-electron chi connectivity index (χ4n) is 4.50. The summed E-state index contributed by atoms with van der Waals surface area (Å²) in [5.41, 5.74) is 4.71. The molecule has 7 nitrogen and oxygen atoms in total. The largest absolute Gasteiger partial charge is 0.506 e. The Morgan fingerprint density at radius 3 is 2.67 bits per heavy atom. The Kier molecular flexibility index (Phi) is 8.23. The highest BCUT2D eigenvalue weighted by Crippen LogP contribution is 2.25. The zero-order valence-electron chi connectivity index (χ0n) is 20.5. The molecule has 1 aliphatic rings. The second kappa shape index (κ2) is 11.5. The van der Waals surface area contributed by atoms with Crippen LogP contribution >= 0.6 is 11.6 Å². The number of hydrogen-bond donors (Lipinski definition) is 3. The third-order valence-electron chi connectivity index (χ3n) is 6.24. The van der Waals surface area contributed by atoms with Gasteiger partial charge in [0.05, 0.1) is 17.3 Å².